The van der Waals surface area contributed by atoms with Crippen molar-refractivity contribution in [3.05, 3.63) is 45.9 Å². The average Bonchev–Trinajstić information content (AvgIpc) is 3.36. The van der Waals surface area contributed by atoms with Crippen molar-refractivity contribution in [1.82, 2.24) is 15.3 Å². The van der Waals surface area contributed by atoms with Crippen LogP contribution in [-0.2, 0) is 16.0 Å². The number of carboxylic acid groups (broad SMARTS) is 1. The van der Waals surface area contributed by atoms with Crippen molar-refractivity contribution in [2.24, 2.45) is 5.92 Å². The maximum Gasteiger partial charge on any atom is 0.241 e. The van der Waals surface area contributed by atoms with Crippen LogP contribution < -0.4 is 10.4 Å². The Bertz CT molecular complexity index is 1210. The standard InChI is InChI=1S/C25H29ClN4O5/c1-13(2)10-20-28-25(30-34-20)24-22(15-5-6-15)23(29-35-24)16(7-9-21(32)33)12-19(31)27-18-8-4-14(3)11-17(18)26/h4,8,11,13,15-16H,5-7,9-10,12H2,1-3H3,(H,27,31)(H,32,33)/p-1/t16-/m0/s1. The van der Waals surface area contributed by atoms with Crippen molar-refractivity contribution in [1.29, 1.82) is 0 Å². The van der Waals surface area contributed by atoms with Crippen LogP contribution in [0.25, 0.3) is 11.6 Å². The fourth-order valence-electron chi connectivity index (χ4n) is 4.09. The number of aryl methyl sites for hydroxylation is 1. The molecule has 2 heterocycles. The summed E-state index contributed by atoms with van der Waals surface area (Å²) in [6, 6.07) is 5.35. The van der Waals surface area contributed by atoms with Crippen LogP contribution in [-0.4, -0.2) is 27.2 Å². The zero-order valence-corrected chi connectivity index (χ0v) is 20.7. The van der Waals surface area contributed by atoms with E-state index in [1.54, 1.807) is 12.1 Å². The Morgan fingerprint density at radius 2 is 2.00 bits per heavy atom. The number of hydrogen-bond donors (Lipinski definition) is 1. The lowest BCUT2D eigenvalue weighted by atomic mass is 9.90. The molecule has 1 fully saturated rings. The van der Waals surface area contributed by atoms with E-state index in [0.29, 0.717) is 46.2 Å². The number of anilines is 1. The molecule has 0 unspecified atom stereocenters. The van der Waals surface area contributed by atoms with Crippen LogP contribution >= 0.6 is 11.6 Å². The summed E-state index contributed by atoms with van der Waals surface area (Å²) >= 11 is 6.26. The van der Waals surface area contributed by atoms with E-state index in [0.717, 1.165) is 24.0 Å². The molecule has 0 spiro atoms. The topological polar surface area (TPSA) is 134 Å². The van der Waals surface area contributed by atoms with E-state index in [1.165, 1.54) is 0 Å². The lowest BCUT2D eigenvalue weighted by Crippen LogP contribution is -2.24. The summed E-state index contributed by atoms with van der Waals surface area (Å²) in [5.74, 6) is -0.193. The van der Waals surface area contributed by atoms with Crippen LogP contribution in [0.5, 0.6) is 0 Å². The summed E-state index contributed by atoms with van der Waals surface area (Å²) in [6.07, 6.45) is 2.49. The van der Waals surface area contributed by atoms with Gasteiger partial charge >= 0.3 is 0 Å². The van der Waals surface area contributed by atoms with E-state index in [9.17, 15) is 14.7 Å². The van der Waals surface area contributed by atoms with E-state index < -0.39 is 11.9 Å². The van der Waals surface area contributed by atoms with Crippen molar-refractivity contribution in [3.63, 3.8) is 0 Å². The van der Waals surface area contributed by atoms with Gasteiger partial charge < -0.3 is 24.3 Å². The van der Waals surface area contributed by atoms with Gasteiger partial charge in [-0.05, 0) is 62.1 Å². The highest BCUT2D eigenvalue weighted by Gasteiger charge is 2.37. The first-order valence-corrected chi connectivity index (χ1v) is 12.2. The number of carboxylic acids is 1. The number of aromatic nitrogens is 3. The summed E-state index contributed by atoms with van der Waals surface area (Å²) in [5.41, 5.74) is 2.85. The Morgan fingerprint density at radius 1 is 1.23 bits per heavy atom. The Morgan fingerprint density at radius 3 is 2.66 bits per heavy atom. The first-order chi connectivity index (χ1) is 16.7. The van der Waals surface area contributed by atoms with E-state index in [1.807, 2.05) is 13.0 Å². The van der Waals surface area contributed by atoms with Crippen LogP contribution in [0.15, 0.2) is 27.2 Å². The van der Waals surface area contributed by atoms with Gasteiger partial charge in [0.05, 0.1) is 16.4 Å². The van der Waals surface area contributed by atoms with Crippen LogP contribution in [0.1, 0.15) is 80.5 Å². The number of amides is 1. The van der Waals surface area contributed by atoms with Gasteiger partial charge in [-0.3, -0.25) is 4.79 Å². The van der Waals surface area contributed by atoms with Gasteiger partial charge in [-0.1, -0.05) is 41.8 Å². The Hall–Kier alpha value is -3.20. The van der Waals surface area contributed by atoms with Crippen molar-refractivity contribution in [2.75, 3.05) is 5.32 Å². The van der Waals surface area contributed by atoms with Gasteiger partial charge in [-0.15, -0.1) is 0 Å². The molecule has 0 aliphatic heterocycles. The van der Waals surface area contributed by atoms with Gasteiger partial charge in [0.15, 0.2) is 0 Å². The summed E-state index contributed by atoms with van der Waals surface area (Å²) in [7, 11) is 0. The number of rotatable bonds is 11. The largest absolute Gasteiger partial charge is 0.550 e. The summed E-state index contributed by atoms with van der Waals surface area (Å²) < 4.78 is 11.0. The molecular weight excluding hydrogens is 472 g/mol. The molecule has 1 aliphatic carbocycles. The second-order valence-corrected chi connectivity index (χ2v) is 9.94. The Labute approximate surface area is 208 Å². The van der Waals surface area contributed by atoms with E-state index >= 15 is 0 Å². The number of halogens is 1. The monoisotopic (exact) mass is 499 g/mol. The van der Waals surface area contributed by atoms with Crippen LogP contribution in [0.2, 0.25) is 5.02 Å². The fourth-order valence-corrected chi connectivity index (χ4v) is 4.37. The number of hydrogen-bond acceptors (Lipinski definition) is 8. The Balaban J connectivity index is 1.60. The predicted molar refractivity (Wildman–Crippen MR) is 127 cm³/mol. The number of carbonyl (C=O) groups excluding carboxylic acids is 2. The fraction of sp³-hybridized carbons (Fsp3) is 0.480. The van der Waals surface area contributed by atoms with Crippen molar-refractivity contribution >= 4 is 29.2 Å². The third kappa shape index (κ3) is 6.28. The molecule has 9 nitrogen and oxygen atoms in total. The first kappa shape index (κ1) is 24.9. The number of aliphatic carboxylic acids is 1. The van der Waals surface area contributed by atoms with Crippen molar-refractivity contribution < 1.29 is 23.7 Å². The summed E-state index contributed by atoms with van der Waals surface area (Å²) in [6.45, 7) is 6.02. The maximum absolute atomic E-state index is 12.9. The molecule has 1 aliphatic rings. The third-order valence-electron chi connectivity index (χ3n) is 5.91. The quantitative estimate of drug-likeness (QED) is 0.410. The minimum atomic E-state index is -1.19. The minimum Gasteiger partial charge on any atom is -0.550 e. The second-order valence-electron chi connectivity index (χ2n) is 9.54. The highest BCUT2D eigenvalue weighted by Crippen LogP contribution is 2.48. The van der Waals surface area contributed by atoms with Crippen molar-refractivity contribution in [3.8, 4) is 11.6 Å². The van der Waals surface area contributed by atoms with Crippen LogP contribution in [0.4, 0.5) is 5.69 Å². The molecule has 186 valence electrons. The maximum atomic E-state index is 12.9. The predicted octanol–water partition coefficient (Wildman–Crippen LogP) is 4.40. The van der Waals surface area contributed by atoms with Gasteiger partial charge in [-0.25, -0.2) is 0 Å². The lowest BCUT2D eigenvalue weighted by Gasteiger charge is -2.17. The smallest absolute Gasteiger partial charge is 0.241 e. The van der Waals surface area contributed by atoms with Crippen LogP contribution in [0, 0.1) is 12.8 Å². The molecule has 1 N–H and O–H groups in total. The molecular formula is C25H28ClN4O5-. The van der Waals surface area contributed by atoms with Gasteiger partial charge in [0.1, 0.15) is 0 Å². The van der Waals surface area contributed by atoms with Crippen LogP contribution in [0.3, 0.4) is 0 Å². The van der Waals surface area contributed by atoms with E-state index in [2.05, 4.69) is 34.5 Å². The SMILES string of the molecule is Cc1ccc(NC(=O)C[C@H](CCC(=O)[O-])c2noc(-c3noc(CC(C)C)n3)c2C2CC2)c(Cl)c1. The molecule has 3 aromatic rings. The Kier molecular flexibility index (Phi) is 7.54. The van der Waals surface area contributed by atoms with E-state index in [4.69, 9.17) is 20.6 Å². The number of benzene rings is 1. The number of carbonyl (C=O) groups is 2. The lowest BCUT2D eigenvalue weighted by molar-refractivity contribution is -0.305. The second kappa shape index (κ2) is 10.6. The zero-order valence-electron chi connectivity index (χ0n) is 20.0. The molecule has 0 saturated heterocycles. The van der Waals surface area contributed by atoms with Gasteiger partial charge in [-0.2, -0.15) is 4.98 Å². The normalized spacial score (nSPS) is 14.3. The molecule has 2 aromatic heterocycles. The molecule has 35 heavy (non-hydrogen) atoms. The molecule has 4 rings (SSSR count). The third-order valence-corrected chi connectivity index (χ3v) is 6.22. The molecule has 0 bridgehead atoms. The average molecular weight is 500 g/mol. The van der Waals surface area contributed by atoms with Gasteiger partial charge in [0.25, 0.3) is 0 Å². The molecule has 0 radical (unpaired) electrons. The molecule has 1 saturated carbocycles. The van der Waals surface area contributed by atoms with Gasteiger partial charge in [0.2, 0.25) is 23.4 Å². The number of nitrogens with zero attached hydrogens (tertiary/aromatic N) is 3. The number of nitrogens with one attached hydrogen (secondary N) is 1. The first-order valence-electron chi connectivity index (χ1n) is 11.8. The highest BCUT2D eigenvalue weighted by molar-refractivity contribution is 6.33. The molecule has 1 amide bonds. The molecule has 1 aromatic carbocycles. The van der Waals surface area contributed by atoms with Crippen molar-refractivity contribution in [2.45, 2.75) is 71.1 Å². The minimum absolute atomic E-state index is 0.00796. The summed E-state index contributed by atoms with van der Waals surface area (Å²) in [5, 5.41) is 22.8. The highest BCUT2D eigenvalue weighted by atomic mass is 35.5. The molecule has 1 atom stereocenters. The molecule has 10 heteroatoms. The van der Waals surface area contributed by atoms with Gasteiger partial charge in [0, 0.05) is 30.3 Å². The van der Waals surface area contributed by atoms with E-state index in [-0.39, 0.29) is 31.1 Å². The summed E-state index contributed by atoms with van der Waals surface area (Å²) in [4.78, 5) is 28.6. The zero-order chi connectivity index (χ0) is 25.1.